The summed E-state index contributed by atoms with van der Waals surface area (Å²) in [5, 5.41) is 9.70. The van der Waals surface area contributed by atoms with Gasteiger partial charge >= 0.3 is 0 Å². The standard InChI is InChI=1S/C31H34N6O2/c1-21(38)35-12-10-30-28(19-35)31(33-37(30)27-11-13-39-20-27)36-18-25(22-6-4-3-5-7-22)15-24-14-23(8-9-29(24)36)26-16-32-34(2)17-26/h3-9,14,16-17,25,27H,10-13,15,18-20H2,1-2H3/t25-,27-/m0/s1. The summed E-state index contributed by atoms with van der Waals surface area (Å²) in [4.78, 5) is 16.8. The van der Waals surface area contributed by atoms with Gasteiger partial charge in [0.2, 0.25) is 5.91 Å². The minimum Gasteiger partial charge on any atom is -0.379 e. The molecule has 0 unspecified atom stereocenters. The first kappa shape index (κ1) is 24.2. The van der Waals surface area contributed by atoms with Crippen LogP contribution >= 0.6 is 0 Å². The average molecular weight is 523 g/mol. The molecular weight excluding hydrogens is 488 g/mol. The third-order valence-corrected chi connectivity index (χ3v) is 8.57. The predicted octanol–water partition coefficient (Wildman–Crippen LogP) is 4.63. The molecule has 3 aliphatic heterocycles. The van der Waals surface area contributed by atoms with Gasteiger partial charge in [0.05, 0.1) is 25.4 Å². The maximum atomic E-state index is 12.4. The molecule has 200 valence electrons. The number of ether oxygens (including phenoxy) is 1. The lowest BCUT2D eigenvalue weighted by Crippen LogP contribution is -2.36. The van der Waals surface area contributed by atoms with Crippen molar-refractivity contribution >= 4 is 17.4 Å². The second-order valence-corrected chi connectivity index (χ2v) is 11.1. The molecule has 1 fully saturated rings. The topological polar surface area (TPSA) is 68.4 Å². The lowest BCUT2D eigenvalue weighted by Gasteiger charge is -2.37. The van der Waals surface area contributed by atoms with E-state index in [1.807, 2.05) is 22.8 Å². The number of hydrogen-bond donors (Lipinski definition) is 0. The van der Waals surface area contributed by atoms with E-state index in [0.717, 1.165) is 50.3 Å². The molecule has 5 heterocycles. The molecule has 8 heteroatoms. The maximum Gasteiger partial charge on any atom is 0.219 e. The molecule has 2 aromatic carbocycles. The lowest BCUT2D eigenvalue weighted by atomic mass is 9.86. The van der Waals surface area contributed by atoms with Gasteiger partial charge in [-0.25, -0.2) is 0 Å². The highest BCUT2D eigenvalue weighted by molar-refractivity contribution is 5.76. The molecule has 0 aliphatic carbocycles. The van der Waals surface area contributed by atoms with Gasteiger partial charge in [-0.05, 0) is 41.7 Å². The highest BCUT2D eigenvalue weighted by Crippen LogP contribution is 2.43. The Morgan fingerprint density at radius 2 is 1.97 bits per heavy atom. The number of rotatable bonds is 4. The Morgan fingerprint density at radius 1 is 1.10 bits per heavy atom. The van der Waals surface area contributed by atoms with Crippen molar-refractivity contribution in [2.24, 2.45) is 7.05 Å². The fourth-order valence-electron chi connectivity index (χ4n) is 6.49. The van der Waals surface area contributed by atoms with Crippen LogP contribution in [0.2, 0.25) is 0 Å². The number of carbonyl (C=O) groups is 1. The molecule has 8 nitrogen and oxygen atoms in total. The second-order valence-electron chi connectivity index (χ2n) is 11.1. The van der Waals surface area contributed by atoms with E-state index < -0.39 is 0 Å². The summed E-state index contributed by atoms with van der Waals surface area (Å²) in [5.74, 6) is 1.43. The van der Waals surface area contributed by atoms with Gasteiger partial charge in [-0.3, -0.25) is 14.2 Å². The van der Waals surface area contributed by atoms with Gasteiger partial charge in [0.15, 0.2) is 5.82 Å². The van der Waals surface area contributed by atoms with Crippen LogP contribution in [-0.2, 0) is 36.0 Å². The van der Waals surface area contributed by atoms with Crippen LogP contribution in [0, 0.1) is 0 Å². The van der Waals surface area contributed by atoms with Crippen molar-refractivity contribution in [2.45, 2.75) is 44.7 Å². The number of amides is 1. The largest absolute Gasteiger partial charge is 0.379 e. The number of nitrogens with zero attached hydrogens (tertiary/aromatic N) is 6. The average Bonchev–Trinajstić information content (AvgIpc) is 3.72. The van der Waals surface area contributed by atoms with Crippen LogP contribution in [0.4, 0.5) is 11.5 Å². The van der Waals surface area contributed by atoms with Gasteiger partial charge in [-0.15, -0.1) is 0 Å². The van der Waals surface area contributed by atoms with Crippen LogP contribution in [-0.4, -0.2) is 56.7 Å². The Kier molecular flexibility index (Phi) is 6.00. The Hall–Kier alpha value is -3.91. The van der Waals surface area contributed by atoms with Crippen LogP contribution in [0.3, 0.4) is 0 Å². The molecule has 2 atom stereocenters. The van der Waals surface area contributed by atoms with Crippen molar-refractivity contribution in [1.29, 1.82) is 0 Å². The fraction of sp³-hybridized carbons (Fsp3) is 0.387. The molecule has 0 saturated carbocycles. The van der Waals surface area contributed by atoms with Gasteiger partial charge in [-0.2, -0.15) is 10.2 Å². The van der Waals surface area contributed by atoms with Crippen LogP contribution in [0.15, 0.2) is 60.9 Å². The predicted molar refractivity (Wildman–Crippen MR) is 150 cm³/mol. The van der Waals surface area contributed by atoms with E-state index in [9.17, 15) is 4.79 Å². The van der Waals surface area contributed by atoms with Crippen molar-refractivity contribution in [3.05, 3.63) is 83.3 Å². The van der Waals surface area contributed by atoms with Gasteiger partial charge in [-0.1, -0.05) is 36.4 Å². The number of anilines is 2. The molecule has 3 aliphatic rings. The molecular formula is C31H34N6O2. The quantitative estimate of drug-likeness (QED) is 0.391. The molecule has 0 radical (unpaired) electrons. The number of benzene rings is 2. The Labute approximate surface area is 228 Å². The SMILES string of the molecule is CC(=O)N1CCc2c(c(N3C[C@@H](c4ccccc4)Cc4cc(-c5cnn(C)c5)ccc43)nn2[C@H]2CCOC2)C1. The first-order valence-electron chi connectivity index (χ1n) is 13.9. The van der Waals surface area contributed by atoms with E-state index >= 15 is 0 Å². The minimum absolute atomic E-state index is 0.117. The number of carbonyl (C=O) groups excluding carboxylic acids is 1. The van der Waals surface area contributed by atoms with Crippen molar-refractivity contribution in [1.82, 2.24) is 24.5 Å². The summed E-state index contributed by atoms with van der Waals surface area (Å²) < 4.78 is 9.83. The van der Waals surface area contributed by atoms with E-state index in [0.29, 0.717) is 19.1 Å². The van der Waals surface area contributed by atoms with E-state index in [1.54, 1.807) is 6.92 Å². The smallest absolute Gasteiger partial charge is 0.219 e. The first-order valence-corrected chi connectivity index (χ1v) is 13.9. The van der Waals surface area contributed by atoms with E-state index in [2.05, 4.69) is 69.4 Å². The Bertz CT molecular complexity index is 1520. The monoisotopic (exact) mass is 522 g/mol. The van der Waals surface area contributed by atoms with Gasteiger partial charge in [0, 0.05) is 74.7 Å². The van der Waals surface area contributed by atoms with Gasteiger partial charge in [0.25, 0.3) is 0 Å². The molecule has 1 saturated heterocycles. The molecule has 2 aromatic heterocycles. The summed E-state index contributed by atoms with van der Waals surface area (Å²) in [6.07, 6.45) is 6.75. The second kappa shape index (κ2) is 9.68. The molecule has 1 amide bonds. The zero-order chi connectivity index (χ0) is 26.5. The summed E-state index contributed by atoms with van der Waals surface area (Å²) in [6.45, 7) is 5.31. The maximum absolute atomic E-state index is 12.4. The first-order chi connectivity index (χ1) is 19.0. The minimum atomic E-state index is 0.117. The lowest BCUT2D eigenvalue weighted by molar-refractivity contribution is -0.129. The summed E-state index contributed by atoms with van der Waals surface area (Å²) in [5.41, 5.74) is 8.58. The van der Waals surface area contributed by atoms with E-state index in [1.165, 1.54) is 33.6 Å². The Morgan fingerprint density at radius 3 is 2.72 bits per heavy atom. The van der Waals surface area contributed by atoms with Crippen LogP contribution in [0.1, 0.15) is 47.7 Å². The van der Waals surface area contributed by atoms with Crippen molar-refractivity contribution in [2.75, 3.05) is 31.2 Å². The van der Waals surface area contributed by atoms with E-state index in [-0.39, 0.29) is 11.9 Å². The number of aromatic nitrogens is 4. The van der Waals surface area contributed by atoms with Gasteiger partial charge < -0.3 is 14.5 Å². The van der Waals surface area contributed by atoms with Crippen molar-refractivity contribution in [3.8, 4) is 11.1 Å². The van der Waals surface area contributed by atoms with Gasteiger partial charge in [0.1, 0.15) is 0 Å². The summed E-state index contributed by atoms with van der Waals surface area (Å²) in [7, 11) is 1.95. The molecule has 39 heavy (non-hydrogen) atoms. The highest BCUT2D eigenvalue weighted by Gasteiger charge is 2.35. The van der Waals surface area contributed by atoms with Crippen molar-refractivity contribution in [3.63, 3.8) is 0 Å². The zero-order valence-corrected chi connectivity index (χ0v) is 22.6. The highest BCUT2D eigenvalue weighted by atomic mass is 16.5. The third-order valence-electron chi connectivity index (χ3n) is 8.57. The molecule has 0 N–H and O–H groups in total. The Balaban J connectivity index is 1.36. The van der Waals surface area contributed by atoms with Crippen LogP contribution in [0.5, 0.6) is 0 Å². The zero-order valence-electron chi connectivity index (χ0n) is 22.6. The van der Waals surface area contributed by atoms with E-state index in [4.69, 9.17) is 9.84 Å². The molecule has 7 rings (SSSR count). The fourth-order valence-corrected chi connectivity index (χ4v) is 6.49. The molecule has 4 aromatic rings. The van der Waals surface area contributed by atoms with Crippen LogP contribution < -0.4 is 4.90 Å². The number of fused-ring (bicyclic) bond motifs is 2. The summed E-state index contributed by atoms with van der Waals surface area (Å²) >= 11 is 0. The normalized spacial score (nSPS) is 20.7. The summed E-state index contributed by atoms with van der Waals surface area (Å²) in [6, 6.07) is 17.8. The molecule has 0 spiro atoms. The van der Waals surface area contributed by atoms with Crippen LogP contribution in [0.25, 0.3) is 11.1 Å². The number of hydrogen-bond acceptors (Lipinski definition) is 5. The third kappa shape index (κ3) is 4.33. The molecule has 0 bridgehead atoms. The number of aryl methyl sites for hydroxylation is 1. The van der Waals surface area contributed by atoms with Crippen molar-refractivity contribution < 1.29 is 9.53 Å².